The molecule has 0 radical (unpaired) electrons. The number of fused-ring (bicyclic) bond motifs is 8. The van der Waals surface area contributed by atoms with Crippen LogP contribution in [0.4, 0.5) is 0 Å². The van der Waals surface area contributed by atoms with Crippen LogP contribution in [0.2, 0.25) is 0 Å². The van der Waals surface area contributed by atoms with Gasteiger partial charge in [-0.3, -0.25) is 6.08 Å². The molecular weight excluding hydrogens is 727 g/mol. The number of hydrogen-bond acceptors (Lipinski definition) is 0. The average Bonchev–Trinajstić information content (AvgIpc) is 3.75. The molecule has 272 valence electrons. The van der Waals surface area contributed by atoms with E-state index in [4.69, 9.17) is 0 Å². The van der Waals surface area contributed by atoms with Gasteiger partial charge in [0.15, 0.2) is 0 Å². The van der Waals surface area contributed by atoms with Gasteiger partial charge in [-0.1, -0.05) is 115 Å². The molecule has 0 spiro atoms. The van der Waals surface area contributed by atoms with Gasteiger partial charge < -0.3 is 31.2 Å². The zero-order chi connectivity index (χ0) is 34.5. The van der Waals surface area contributed by atoms with E-state index in [1.807, 2.05) is 15.4 Å². The molecule has 0 bridgehead atoms. The van der Waals surface area contributed by atoms with Gasteiger partial charge in [0.2, 0.25) is 0 Å². The standard InChI is InChI=1S/C29H37.C13H22.C5H5.2ClH.Zr/c1-21-14-13-15-22-20-27(6)25(4)18-10-9-16-23(25,2)24(3)17-11-12-19-26(24,5)29(27,8)28(21,22)7;1-3-7-12(8-4-1)11-13-9-5-2-6-10-13;1-2-4-5-3-1;;;/h9-20,22H,1-8H3;12-13H,1-10H2;1-3H,4H2;2*1H;/q-1;;-1;;;+2/p-2. The molecule has 0 nitrogen and oxygen atoms in total. The van der Waals surface area contributed by atoms with Gasteiger partial charge in [0.25, 0.3) is 0 Å². The van der Waals surface area contributed by atoms with Gasteiger partial charge in [0.05, 0.1) is 0 Å². The molecule has 0 N–H and O–H groups in total. The summed E-state index contributed by atoms with van der Waals surface area (Å²) in [6, 6.07) is 0. The molecule has 8 atom stereocenters. The van der Waals surface area contributed by atoms with Gasteiger partial charge in [-0.05, 0) is 28.6 Å². The van der Waals surface area contributed by atoms with Crippen LogP contribution in [-0.4, -0.2) is 3.21 Å². The van der Waals surface area contributed by atoms with Gasteiger partial charge >= 0.3 is 103 Å². The van der Waals surface area contributed by atoms with Gasteiger partial charge in [-0.2, -0.15) is 6.08 Å². The molecule has 3 heteroatoms. The van der Waals surface area contributed by atoms with Crippen LogP contribution in [0.1, 0.15) is 126 Å². The Morgan fingerprint density at radius 1 is 0.660 bits per heavy atom. The molecule has 0 aliphatic heterocycles. The monoisotopic (exact) mass is 788 g/mol. The third-order valence-corrected chi connectivity index (χ3v) is 18.7. The predicted octanol–water partition coefficient (Wildman–Crippen LogP) is 6.83. The van der Waals surface area contributed by atoms with E-state index in [0.29, 0.717) is 5.92 Å². The van der Waals surface area contributed by atoms with E-state index in [1.165, 1.54) is 69.8 Å². The third-order valence-electron chi connectivity index (χ3n) is 16.7. The Bertz CT molecular complexity index is 1460. The van der Waals surface area contributed by atoms with Crippen molar-refractivity contribution >= 4 is 3.21 Å². The van der Waals surface area contributed by atoms with Crippen molar-refractivity contribution < 1.29 is 49.0 Å². The predicted molar refractivity (Wildman–Crippen MR) is 204 cm³/mol. The number of hydrogen-bond donors (Lipinski definition) is 0. The Morgan fingerprint density at radius 2 is 1.14 bits per heavy atom. The molecule has 8 rings (SSSR count). The Balaban J connectivity index is 0.000000223. The molecule has 8 aliphatic rings. The van der Waals surface area contributed by atoms with E-state index < -0.39 is 0 Å². The summed E-state index contributed by atoms with van der Waals surface area (Å²) in [5, 5.41) is 0. The van der Waals surface area contributed by atoms with E-state index in [0.717, 1.165) is 18.3 Å². The minimum atomic E-state index is 0. The van der Waals surface area contributed by atoms with Gasteiger partial charge in [-0.15, -0.1) is 23.8 Å². The fourth-order valence-electron chi connectivity index (χ4n) is 12.7. The first kappa shape index (κ1) is 42.0. The minimum absolute atomic E-state index is 0. The van der Waals surface area contributed by atoms with Crippen molar-refractivity contribution in [1.82, 2.24) is 0 Å². The van der Waals surface area contributed by atoms with E-state index in [-0.39, 0.29) is 62.7 Å². The van der Waals surface area contributed by atoms with Crippen molar-refractivity contribution in [2.75, 3.05) is 0 Å². The van der Waals surface area contributed by atoms with Crippen LogP contribution in [0.3, 0.4) is 0 Å². The summed E-state index contributed by atoms with van der Waals surface area (Å²) in [4.78, 5) is 0. The molecule has 4 fully saturated rings. The maximum absolute atomic E-state index is 2.99. The van der Waals surface area contributed by atoms with Crippen molar-refractivity contribution in [2.45, 2.75) is 126 Å². The summed E-state index contributed by atoms with van der Waals surface area (Å²) < 4.78 is 1.97. The van der Waals surface area contributed by atoms with Gasteiger partial charge in [-0.25, -0.2) is 12.2 Å². The molecule has 4 saturated carbocycles. The fraction of sp³-hybridized carbons (Fsp3) is 0.617. The summed E-state index contributed by atoms with van der Waals surface area (Å²) in [5.74, 6) is 2.55. The molecule has 0 aromatic heterocycles. The van der Waals surface area contributed by atoms with Gasteiger partial charge in [0, 0.05) is 10.8 Å². The van der Waals surface area contributed by atoms with Crippen molar-refractivity contribution in [3.63, 3.8) is 0 Å². The second kappa shape index (κ2) is 15.5. The Hall–Kier alpha value is -0.747. The fourth-order valence-corrected chi connectivity index (χ4v) is 14.2. The first-order valence-electron chi connectivity index (χ1n) is 19.5. The number of halogens is 2. The van der Waals surface area contributed by atoms with Crippen LogP contribution in [0, 0.1) is 68.2 Å². The van der Waals surface area contributed by atoms with E-state index >= 15 is 0 Å². The molecule has 8 aliphatic carbocycles. The van der Waals surface area contributed by atoms with Crippen LogP contribution < -0.4 is 24.8 Å². The van der Waals surface area contributed by atoms with Crippen LogP contribution in [0.15, 0.2) is 90.6 Å². The first-order chi connectivity index (χ1) is 22.8. The molecule has 50 heavy (non-hydrogen) atoms. The van der Waals surface area contributed by atoms with Crippen LogP contribution in [0.25, 0.3) is 0 Å². The van der Waals surface area contributed by atoms with Crippen LogP contribution in [-0.2, 0) is 24.2 Å². The Kier molecular flexibility index (Phi) is 13.1. The summed E-state index contributed by atoms with van der Waals surface area (Å²) in [7, 11) is 0. The zero-order valence-corrected chi connectivity index (χ0v) is 36.4. The normalized spacial score (nSPS) is 43.4. The first-order valence-corrected chi connectivity index (χ1v) is 20.8. The topological polar surface area (TPSA) is 0 Å². The molecule has 0 saturated heterocycles. The van der Waals surface area contributed by atoms with Crippen molar-refractivity contribution in [2.24, 2.45) is 55.7 Å². The number of rotatable bonds is 2. The summed E-state index contributed by atoms with van der Waals surface area (Å²) in [5.41, 5.74) is 1.73. The van der Waals surface area contributed by atoms with Crippen molar-refractivity contribution in [3.8, 4) is 0 Å². The molecule has 0 aromatic carbocycles. The summed E-state index contributed by atoms with van der Waals surface area (Å²) >= 11 is 1.77. The molecule has 0 amide bonds. The van der Waals surface area contributed by atoms with E-state index in [1.54, 1.807) is 24.2 Å². The average molecular weight is 791 g/mol. The van der Waals surface area contributed by atoms with Gasteiger partial charge in [0.1, 0.15) is 0 Å². The Morgan fingerprint density at radius 3 is 1.60 bits per heavy atom. The molecular formula is C47H64Cl2Zr-2. The molecule has 8 unspecified atom stereocenters. The maximum atomic E-state index is 2.99. The van der Waals surface area contributed by atoms with E-state index in [9.17, 15) is 0 Å². The third kappa shape index (κ3) is 5.78. The SMILES string of the molecule is CC1=CC=CC2[CH-]C3(C)C4(C)C=CC=CC4(C)C4(C)C=CC=CC4(C)C3(C)C12C.[C-]1=CC=CC1.[Cl-].[Cl-].[Zr+2]=[C](C1CCCCC1)C1CCCCC1. The van der Waals surface area contributed by atoms with Crippen molar-refractivity contribution in [3.05, 3.63) is 103 Å². The summed E-state index contributed by atoms with van der Waals surface area (Å²) in [6.45, 7) is 20.3. The van der Waals surface area contributed by atoms with Crippen molar-refractivity contribution in [1.29, 1.82) is 0 Å². The second-order valence-corrected chi connectivity index (χ2v) is 19.3. The van der Waals surface area contributed by atoms with Crippen LogP contribution in [0.5, 0.6) is 0 Å². The molecule has 0 aromatic rings. The quantitative estimate of drug-likeness (QED) is 0.270. The zero-order valence-electron chi connectivity index (χ0n) is 32.4. The summed E-state index contributed by atoms with van der Waals surface area (Å²) in [6.07, 6.45) is 54.4. The van der Waals surface area contributed by atoms with Crippen LogP contribution >= 0.6 is 0 Å². The van der Waals surface area contributed by atoms with E-state index in [2.05, 4.69) is 141 Å². The second-order valence-electron chi connectivity index (χ2n) is 17.8. The molecule has 0 heterocycles. The number of allylic oxidation sites excluding steroid dienone is 16. The Labute approximate surface area is 334 Å².